The Bertz CT molecular complexity index is 925. The smallest absolute Gasteiger partial charge is 0.293 e. The molecule has 0 radical (unpaired) electrons. The van der Waals surface area contributed by atoms with Gasteiger partial charge in [0.2, 0.25) is 0 Å². The van der Waals surface area contributed by atoms with Crippen LogP contribution in [0.25, 0.3) is 6.08 Å². The van der Waals surface area contributed by atoms with Crippen molar-refractivity contribution in [3.05, 3.63) is 66.4 Å². The number of rotatable bonds is 5. The molecule has 2 aromatic carbocycles. The second-order valence-electron chi connectivity index (χ2n) is 5.61. The molecule has 27 heavy (non-hydrogen) atoms. The lowest BCUT2D eigenvalue weighted by Gasteiger charge is -2.13. The van der Waals surface area contributed by atoms with Crippen LogP contribution in [-0.4, -0.2) is 22.7 Å². The molecular formula is C19H14Br2ClNO3S. The molecule has 0 unspecified atom stereocenters. The summed E-state index contributed by atoms with van der Waals surface area (Å²) in [5.41, 5.74) is 1.51. The summed E-state index contributed by atoms with van der Waals surface area (Å²) in [5.74, 6) is 0.368. The zero-order chi connectivity index (χ0) is 19.6. The van der Waals surface area contributed by atoms with E-state index in [-0.39, 0.29) is 17.7 Å². The molecule has 0 bridgehead atoms. The van der Waals surface area contributed by atoms with Crippen molar-refractivity contribution in [1.82, 2.24) is 4.90 Å². The fourth-order valence-electron chi connectivity index (χ4n) is 2.53. The van der Waals surface area contributed by atoms with Gasteiger partial charge in [0.25, 0.3) is 11.1 Å². The van der Waals surface area contributed by atoms with Crippen molar-refractivity contribution in [3.8, 4) is 5.75 Å². The number of ether oxygens (including phenoxy) is 1. The van der Waals surface area contributed by atoms with Crippen LogP contribution in [0.1, 0.15) is 18.1 Å². The van der Waals surface area contributed by atoms with Crippen molar-refractivity contribution in [2.45, 2.75) is 13.5 Å². The van der Waals surface area contributed by atoms with Crippen molar-refractivity contribution < 1.29 is 14.3 Å². The highest BCUT2D eigenvalue weighted by molar-refractivity contribution is 9.11. The first-order valence-corrected chi connectivity index (χ1v) is 10.8. The lowest BCUT2D eigenvalue weighted by Crippen LogP contribution is -2.27. The van der Waals surface area contributed by atoms with Crippen molar-refractivity contribution in [1.29, 1.82) is 0 Å². The molecule has 2 aromatic rings. The molecule has 1 saturated heterocycles. The summed E-state index contributed by atoms with van der Waals surface area (Å²) in [7, 11) is 0. The second-order valence-corrected chi connectivity index (χ2v) is 8.72. The molecular weight excluding hydrogens is 518 g/mol. The summed E-state index contributed by atoms with van der Waals surface area (Å²) in [5, 5.41) is 0.218. The molecule has 2 amide bonds. The first-order chi connectivity index (χ1) is 12.9. The third kappa shape index (κ3) is 4.59. The van der Waals surface area contributed by atoms with Gasteiger partial charge >= 0.3 is 0 Å². The summed E-state index contributed by atoms with van der Waals surface area (Å²) >= 11 is 14.0. The van der Waals surface area contributed by atoms with E-state index in [1.165, 1.54) is 4.90 Å². The molecule has 0 aromatic heterocycles. The maximum absolute atomic E-state index is 12.7. The Kier molecular flexibility index (Phi) is 6.68. The predicted molar refractivity (Wildman–Crippen MR) is 116 cm³/mol. The van der Waals surface area contributed by atoms with Gasteiger partial charge in [-0.3, -0.25) is 14.5 Å². The van der Waals surface area contributed by atoms with Gasteiger partial charge in [-0.15, -0.1) is 0 Å². The van der Waals surface area contributed by atoms with Crippen LogP contribution < -0.4 is 4.74 Å². The Morgan fingerprint density at radius 1 is 1.19 bits per heavy atom. The number of nitrogens with zero attached hydrogens (tertiary/aromatic N) is 1. The molecule has 1 fully saturated rings. The van der Waals surface area contributed by atoms with Gasteiger partial charge in [0.15, 0.2) is 0 Å². The number of carbonyl (C=O) groups excluding carboxylic acids is 2. The first kappa shape index (κ1) is 20.5. The van der Waals surface area contributed by atoms with Crippen molar-refractivity contribution in [2.24, 2.45) is 0 Å². The summed E-state index contributed by atoms with van der Waals surface area (Å²) in [6.07, 6.45) is 1.70. The van der Waals surface area contributed by atoms with Crippen LogP contribution in [0.3, 0.4) is 0 Å². The Morgan fingerprint density at radius 3 is 2.48 bits per heavy atom. The molecule has 0 atom stereocenters. The minimum Gasteiger partial charge on any atom is -0.492 e. The van der Waals surface area contributed by atoms with E-state index in [1.807, 2.05) is 25.1 Å². The number of hydrogen-bond donors (Lipinski definition) is 0. The summed E-state index contributed by atoms with van der Waals surface area (Å²) in [6, 6.07) is 10.9. The second kappa shape index (κ2) is 8.82. The topological polar surface area (TPSA) is 46.6 Å². The molecule has 0 spiro atoms. The molecule has 0 aliphatic carbocycles. The fraction of sp³-hybridized carbons (Fsp3) is 0.158. The van der Waals surface area contributed by atoms with E-state index in [0.717, 1.165) is 31.8 Å². The maximum atomic E-state index is 12.7. The predicted octanol–water partition coefficient (Wildman–Crippen LogP) is 6.50. The summed E-state index contributed by atoms with van der Waals surface area (Å²) in [4.78, 5) is 26.6. The van der Waals surface area contributed by atoms with Crippen LogP contribution >= 0.6 is 55.2 Å². The van der Waals surface area contributed by atoms with E-state index >= 15 is 0 Å². The van der Waals surface area contributed by atoms with Gasteiger partial charge in [0.1, 0.15) is 5.75 Å². The standard InChI is InChI=1S/C19H14Br2ClNO3S/c1-2-26-17-13(20)7-11(8-14(17)21)9-16-18(24)23(19(25)27-16)10-12-5-3-4-6-15(12)22/h3-9H,2,10H2,1H3/b16-9-. The quantitative estimate of drug-likeness (QED) is 0.413. The van der Waals surface area contributed by atoms with Crippen LogP contribution in [0.4, 0.5) is 4.79 Å². The normalized spacial score (nSPS) is 15.7. The lowest BCUT2D eigenvalue weighted by atomic mass is 10.2. The molecule has 1 heterocycles. The van der Waals surface area contributed by atoms with E-state index in [1.54, 1.807) is 24.3 Å². The van der Waals surface area contributed by atoms with Crippen LogP contribution in [0.2, 0.25) is 5.02 Å². The van der Waals surface area contributed by atoms with Gasteiger partial charge in [-0.25, -0.2) is 0 Å². The average Bonchev–Trinajstić information content (AvgIpc) is 2.87. The third-order valence-electron chi connectivity index (χ3n) is 3.77. The van der Waals surface area contributed by atoms with Gasteiger partial charge in [-0.1, -0.05) is 29.8 Å². The number of hydrogen-bond acceptors (Lipinski definition) is 4. The number of amides is 2. The van der Waals surface area contributed by atoms with E-state index in [2.05, 4.69) is 31.9 Å². The largest absolute Gasteiger partial charge is 0.492 e. The van der Waals surface area contributed by atoms with Crippen molar-refractivity contribution >= 4 is 72.4 Å². The SMILES string of the molecule is CCOc1c(Br)cc(/C=C2\SC(=O)N(Cc3ccccc3Cl)C2=O)cc1Br. The molecule has 1 aliphatic heterocycles. The average molecular weight is 532 g/mol. The third-order valence-corrected chi connectivity index (χ3v) is 6.22. The van der Waals surface area contributed by atoms with E-state index in [0.29, 0.717) is 22.3 Å². The van der Waals surface area contributed by atoms with Gasteiger partial charge in [0, 0.05) is 5.02 Å². The molecule has 1 aliphatic rings. The van der Waals surface area contributed by atoms with Crippen molar-refractivity contribution in [2.75, 3.05) is 6.61 Å². The number of imide groups is 1. The fourth-order valence-corrected chi connectivity index (χ4v) is 5.01. The molecule has 0 N–H and O–H groups in total. The highest BCUT2D eigenvalue weighted by Gasteiger charge is 2.35. The minimum absolute atomic E-state index is 0.151. The van der Waals surface area contributed by atoms with Crippen molar-refractivity contribution in [3.63, 3.8) is 0 Å². The van der Waals surface area contributed by atoms with Crippen LogP contribution in [0.5, 0.6) is 5.75 Å². The Morgan fingerprint density at radius 2 is 1.85 bits per heavy atom. The molecule has 3 rings (SSSR count). The van der Waals surface area contributed by atoms with Gasteiger partial charge in [-0.05, 0) is 85.9 Å². The Hall–Kier alpha value is -1.28. The monoisotopic (exact) mass is 529 g/mol. The highest BCUT2D eigenvalue weighted by Crippen LogP contribution is 2.38. The highest BCUT2D eigenvalue weighted by atomic mass is 79.9. The Labute approximate surface area is 183 Å². The number of halogens is 3. The number of thioether (sulfide) groups is 1. The van der Waals surface area contributed by atoms with Crippen LogP contribution in [-0.2, 0) is 11.3 Å². The zero-order valence-electron chi connectivity index (χ0n) is 14.2. The molecule has 8 heteroatoms. The zero-order valence-corrected chi connectivity index (χ0v) is 18.9. The number of benzene rings is 2. The van der Waals surface area contributed by atoms with Crippen LogP contribution in [0.15, 0.2) is 50.2 Å². The molecule has 140 valence electrons. The summed E-state index contributed by atoms with van der Waals surface area (Å²) < 4.78 is 7.09. The summed E-state index contributed by atoms with van der Waals surface area (Å²) in [6.45, 7) is 2.59. The first-order valence-electron chi connectivity index (χ1n) is 8.01. The number of carbonyl (C=O) groups is 2. The van der Waals surface area contributed by atoms with Gasteiger partial charge in [-0.2, -0.15) is 0 Å². The Balaban J connectivity index is 1.85. The van der Waals surface area contributed by atoms with E-state index in [9.17, 15) is 9.59 Å². The van der Waals surface area contributed by atoms with Gasteiger partial charge < -0.3 is 4.74 Å². The van der Waals surface area contributed by atoms with E-state index < -0.39 is 0 Å². The molecule has 4 nitrogen and oxygen atoms in total. The lowest BCUT2D eigenvalue weighted by molar-refractivity contribution is -0.123. The van der Waals surface area contributed by atoms with Crippen LogP contribution in [0, 0.1) is 0 Å². The maximum Gasteiger partial charge on any atom is 0.293 e. The molecule has 0 saturated carbocycles. The van der Waals surface area contributed by atoms with Gasteiger partial charge in [0.05, 0.1) is 27.0 Å². The minimum atomic E-state index is -0.328. The van der Waals surface area contributed by atoms with E-state index in [4.69, 9.17) is 16.3 Å².